The van der Waals surface area contributed by atoms with Gasteiger partial charge < -0.3 is 4.90 Å². The van der Waals surface area contributed by atoms with Crippen LogP contribution in [0.5, 0.6) is 0 Å². The van der Waals surface area contributed by atoms with Gasteiger partial charge in [0.2, 0.25) is 0 Å². The number of nitrogens with zero attached hydrogens (tertiary/aromatic N) is 1. The van der Waals surface area contributed by atoms with E-state index in [9.17, 15) is 0 Å². The maximum absolute atomic E-state index is 2.33. The third-order valence-electron chi connectivity index (χ3n) is 10.5. The van der Waals surface area contributed by atoms with Gasteiger partial charge in [-0.25, -0.2) is 0 Å². The van der Waals surface area contributed by atoms with E-state index < -0.39 is 0 Å². The highest BCUT2D eigenvalue weighted by Gasteiger charge is 2.14. The molecule has 0 aliphatic carbocycles. The average molecular weight is 706 g/mol. The Bertz CT molecular complexity index is 2900. The van der Waals surface area contributed by atoms with Crippen LogP contribution in [0.1, 0.15) is 0 Å². The monoisotopic (exact) mass is 705 g/mol. The first-order valence-electron chi connectivity index (χ1n) is 18.4. The lowest BCUT2D eigenvalue weighted by molar-refractivity contribution is 1.28. The van der Waals surface area contributed by atoms with Crippen LogP contribution in [-0.4, -0.2) is 0 Å². The first-order valence-corrected chi connectivity index (χ1v) is 19.2. The molecule has 1 nitrogen and oxygen atoms in total. The van der Waals surface area contributed by atoms with E-state index >= 15 is 0 Å². The summed E-state index contributed by atoms with van der Waals surface area (Å²) in [6.45, 7) is 0. The van der Waals surface area contributed by atoms with E-state index in [4.69, 9.17) is 0 Å². The van der Waals surface area contributed by atoms with Gasteiger partial charge in [0.15, 0.2) is 0 Å². The van der Waals surface area contributed by atoms with Crippen molar-refractivity contribution in [3.05, 3.63) is 212 Å². The summed E-state index contributed by atoms with van der Waals surface area (Å²) in [5.41, 5.74) is 13.1. The summed E-state index contributed by atoms with van der Waals surface area (Å²) in [6, 6.07) is 77.0. The normalized spacial score (nSPS) is 11.3. The smallest absolute Gasteiger partial charge is 0.0462 e. The molecule has 0 radical (unpaired) electrons. The van der Waals surface area contributed by atoms with Crippen LogP contribution in [0.25, 0.3) is 75.5 Å². The molecule has 0 atom stereocenters. The Balaban J connectivity index is 0.911. The van der Waals surface area contributed by atoms with E-state index in [0.29, 0.717) is 0 Å². The van der Waals surface area contributed by atoms with Crippen LogP contribution < -0.4 is 4.90 Å². The zero-order chi connectivity index (χ0) is 35.8. The highest BCUT2D eigenvalue weighted by atomic mass is 32.1. The van der Waals surface area contributed by atoms with Crippen molar-refractivity contribution in [3.63, 3.8) is 0 Å². The molecular formula is C52H35NS. The molecule has 0 saturated carbocycles. The van der Waals surface area contributed by atoms with Crippen LogP contribution >= 0.6 is 11.3 Å². The minimum absolute atomic E-state index is 1.12. The minimum atomic E-state index is 1.12. The molecule has 0 fully saturated rings. The predicted octanol–water partition coefficient (Wildman–Crippen LogP) is 15.3. The van der Waals surface area contributed by atoms with Gasteiger partial charge in [0, 0.05) is 37.2 Å². The van der Waals surface area contributed by atoms with Crippen LogP contribution in [0.2, 0.25) is 0 Å². The van der Waals surface area contributed by atoms with E-state index in [2.05, 4.69) is 217 Å². The maximum Gasteiger partial charge on any atom is 0.0462 e. The van der Waals surface area contributed by atoms with Gasteiger partial charge in [-0.1, -0.05) is 152 Å². The third-order valence-corrected chi connectivity index (χ3v) is 11.6. The summed E-state index contributed by atoms with van der Waals surface area (Å²) in [4.78, 5) is 2.33. The standard InChI is InChI=1S/C52H35NS/c1-2-13-46(14-3-1)53(48-30-25-40(26-31-48)45-27-32-50-49-15-6-7-16-51(49)54-52(50)35-45)47-28-23-38(24-29-47)37-17-19-39(20-18-37)42-11-8-12-43(33-42)44-22-21-36-9-4-5-10-41(36)34-44/h1-35H. The van der Waals surface area contributed by atoms with Gasteiger partial charge in [0.05, 0.1) is 0 Å². The van der Waals surface area contributed by atoms with E-state index in [1.54, 1.807) is 0 Å². The van der Waals surface area contributed by atoms with Crippen molar-refractivity contribution in [2.24, 2.45) is 0 Å². The molecule has 0 unspecified atom stereocenters. The lowest BCUT2D eigenvalue weighted by Crippen LogP contribution is -2.09. The molecule has 0 aliphatic rings. The minimum Gasteiger partial charge on any atom is -0.311 e. The van der Waals surface area contributed by atoms with Crippen LogP contribution in [0.15, 0.2) is 212 Å². The lowest BCUT2D eigenvalue weighted by Gasteiger charge is -2.26. The molecule has 0 amide bonds. The Kier molecular flexibility index (Phi) is 8.09. The van der Waals surface area contributed by atoms with Gasteiger partial charge in [0.25, 0.3) is 0 Å². The number of para-hydroxylation sites is 1. The molecule has 9 aromatic carbocycles. The molecular weight excluding hydrogens is 671 g/mol. The molecule has 254 valence electrons. The number of hydrogen-bond donors (Lipinski definition) is 0. The average Bonchev–Trinajstić information content (AvgIpc) is 3.63. The highest BCUT2D eigenvalue weighted by Crippen LogP contribution is 2.39. The summed E-state index contributed by atoms with van der Waals surface area (Å²) in [7, 11) is 0. The van der Waals surface area contributed by atoms with Crippen molar-refractivity contribution >= 4 is 59.3 Å². The first-order chi connectivity index (χ1) is 26.7. The second-order valence-corrected chi connectivity index (χ2v) is 14.9. The molecule has 10 rings (SSSR count). The Morgan fingerprint density at radius 2 is 0.722 bits per heavy atom. The van der Waals surface area contributed by atoms with E-state index in [1.165, 1.54) is 75.5 Å². The topological polar surface area (TPSA) is 3.24 Å². The molecule has 0 spiro atoms. The summed E-state index contributed by atoms with van der Waals surface area (Å²) in [6.07, 6.45) is 0. The second-order valence-electron chi connectivity index (χ2n) is 13.8. The molecule has 0 N–H and O–H groups in total. The summed E-state index contributed by atoms with van der Waals surface area (Å²) < 4.78 is 2.66. The molecule has 2 heteroatoms. The molecule has 1 heterocycles. The largest absolute Gasteiger partial charge is 0.311 e. The Hall–Kier alpha value is -6.74. The van der Waals surface area contributed by atoms with Crippen molar-refractivity contribution in [2.75, 3.05) is 4.90 Å². The Morgan fingerprint density at radius 3 is 1.43 bits per heavy atom. The highest BCUT2D eigenvalue weighted by molar-refractivity contribution is 7.25. The van der Waals surface area contributed by atoms with Crippen LogP contribution in [0.3, 0.4) is 0 Å². The number of thiophene rings is 1. The van der Waals surface area contributed by atoms with E-state index in [0.717, 1.165) is 17.1 Å². The van der Waals surface area contributed by atoms with Gasteiger partial charge in [-0.2, -0.15) is 0 Å². The zero-order valence-electron chi connectivity index (χ0n) is 29.6. The summed E-state index contributed by atoms with van der Waals surface area (Å²) in [5.74, 6) is 0. The predicted molar refractivity (Wildman–Crippen MR) is 233 cm³/mol. The fourth-order valence-electron chi connectivity index (χ4n) is 7.64. The van der Waals surface area contributed by atoms with Crippen molar-refractivity contribution in [1.82, 2.24) is 0 Å². The van der Waals surface area contributed by atoms with Crippen LogP contribution in [0.4, 0.5) is 17.1 Å². The van der Waals surface area contributed by atoms with E-state index in [1.807, 2.05) is 11.3 Å². The van der Waals surface area contributed by atoms with Gasteiger partial charge in [-0.05, 0) is 116 Å². The fourth-order valence-corrected chi connectivity index (χ4v) is 8.78. The van der Waals surface area contributed by atoms with E-state index in [-0.39, 0.29) is 0 Å². The molecule has 0 aliphatic heterocycles. The van der Waals surface area contributed by atoms with Crippen LogP contribution in [-0.2, 0) is 0 Å². The van der Waals surface area contributed by atoms with Gasteiger partial charge in [-0.15, -0.1) is 11.3 Å². The number of fused-ring (bicyclic) bond motifs is 4. The zero-order valence-corrected chi connectivity index (χ0v) is 30.4. The molecule has 0 saturated heterocycles. The fraction of sp³-hybridized carbons (Fsp3) is 0. The van der Waals surface area contributed by atoms with Crippen LogP contribution in [0, 0.1) is 0 Å². The Labute approximate surface area is 319 Å². The quantitative estimate of drug-likeness (QED) is 0.160. The first kappa shape index (κ1) is 32.0. The number of benzene rings is 9. The van der Waals surface area contributed by atoms with Crippen molar-refractivity contribution < 1.29 is 0 Å². The number of anilines is 3. The summed E-state index contributed by atoms with van der Waals surface area (Å²) >= 11 is 1.86. The van der Waals surface area contributed by atoms with Crippen molar-refractivity contribution in [3.8, 4) is 44.5 Å². The lowest BCUT2D eigenvalue weighted by atomic mass is 9.96. The third kappa shape index (κ3) is 6.03. The second kappa shape index (κ2) is 13.7. The molecule has 54 heavy (non-hydrogen) atoms. The summed E-state index contributed by atoms with van der Waals surface area (Å²) in [5, 5.41) is 5.19. The van der Waals surface area contributed by atoms with Crippen molar-refractivity contribution in [2.45, 2.75) is 0 Å². The molecule has 1 aromatic heterocycles. The molecule has 10 aromatic rings. The Morgan fingerprint density at radius 1 is 0.259 bits per heavy atom. The van der Waals surface area contributed by atoms with Crippen molar-refractivity contribution in [1.29, 1.82) is 0 Å². The van der Waals surface area contributed by atoms with Gasteiger partial charge in [0.1, 0.15) is 0 Å². The number of rotatable bonds is 7. The van der Waals surface area contributed by atoms with Gasteiger partial charge in [-0.3, -0.25) is 0 Å². The SMILES string of the molecule is c1ccc(N(c2ccc(-c3ccc(-c4cccc(-c5ccc6ccccc6c5)c4)cc3)cc2)c2ccc(-c3ccc4c(c3)sc3ccccc34)cc2)cc1. The molecule has 0 bridgehead atoms. The maximum atomic E-state index is 2.33. The number of hydrogen-bond acceptors (Lipinski definition) is 2. The van der Waals surface area contributed by atoms with Gasteiger partial charge >= 0.3 is 0 Å².